The summed E-state index contributed by atoms with van der Waals surface area (Å²) < 4.78 is 0. The molecule has 3 N–H and O–H groups in total. The van der Waals surface area contributed by atoms with Crippen LogP contribution in [0.5, 0.6) is 0 Å². The van der Waals surface area contributed by atoms with Crippen molar-refractivity contribution in [3.05, 3.63) is 65.7 Å². The number of anilines is 1. The van der Waals surface area contributed by atoms with Crippen molar-refractivity contribution in [2.45, 2.75) is 51.1 Å². The van der Waals surface area contributed by atoms with Gasteiger partial charge >= 0.3 is 0 Å². The van der Waals surface area contributed by atoms with E-state index >= 15 is 0 Å². The molecule has 3 amide bonds. The number of halogens is 1. The molecule has 2 atom stereocenters. The maximum atomic E-state index is 13.1. The Kier molecular flexibility index (Phi) is 9.69. The molecule has 0 radical (unpaired) electrons. The standard InChI is InChI=1S/C27H34N4O3.ClH/c1-19-9-11-22(12-10-19)29-26(33)24(18-20-6-3-2-4-7-20)30-25(32)21-13-16-31(17-14-21)27(34)23-8-5-15-28-23;/h2-4,6-7,9-12,21,23-24,28H,5,8,13-18H2,1H3,(H,29,33)(H,30,32);1H. The van der Waals surface area contributed by atoms with Gasteiger partial charge in [-0.1, -0.05) is 48.0 Å². The predicted molar refractivity (Wildman–Crippen MR) is 139 cm³/mol. The van der Waals surface area contributed by atoms with Crippen molar-refractivity contribution < 1.29 is 14.4 Å². The summed E-state index contributed by atoms with van der Waals surface area (Å²) in [6.45, 7) is 4.04. The highest BCUT2D eigenvalue weighted by Gasteiger charge is 2.33. The van der Waals surface area contributed by atoms with E-state index in [0.717, 1.165) is 30.5 Å². The Labute approximate surface area is 213 Å². The van der Waals surface area contributed by atoms with Crippen LogP contribution < -0.4 is 16.0 Å². The average Bonchev–Trinajstić information content (AvgIpc) is 3.40. The molecule has 2 unspecified atom stereocenters. The fourth-order valence-electron chi connectivity index (χ4n) is 4.69. The lowest BCUT2D eigenvalue weighted by molar-refractivity contribution is -0.137. The molecule has 0 bridgehead atoms. The molecule has 2 aliphatic rings. The Balaban J connectivity index is 0.00000342. The number of amides is 3. The third-order valence-electron chi connectivity index (χ3n) is 6.77. The van der Waals surface area contributed by atoms with Crippen LogP contribution in [0.4, 0.5) is 5.69 Å². The number of carbonyl (C=O) groups excluding carboxylic acids is 3. The van der Waals surface area contributed by atoms with Crippen LogP contribution in [0, 0.1) is 12.8 Å². The second-order valence-corrected chi connectivity index (χ2v) is 9.35. The van der Waals surface area contributed by atoms with E-state index in [2.05, 4.69) is 16.0 Å². The summed E-state index contributed by atoms with van der Waals surface area (Å²) in [7, 11) is 0. The number of rotatable bonds is 7. The van der Waals surface area contributed by atoms with Crippen LogP contribution in [0.15, 0.2) is 54.6 Å². The number of carbonyl (C=O) groups is 3. The molecule has 4 rings (SSSR count). The van der Waals surface area contributed by atoms with Crippen LogP contribution in [0.25, 0.3) is 0 Å². The Morgan fingerprint density at radius 2 is 1.69 bits per heavy atom. The van der Waals surface area contributed by atoms with Crippen molar-refractivity contribution >= 4 is 35.8 Å². The van der Waals surface area contributed by atoms with E-state index in [4.69, 9.17) is 0 Å². The molecular weight excluding hydrogens is 464 g/mol. The van der Waals surface area contributed by atoms with Gasteiger partial charge in [-0.05, 0) is 56.8 Å². The second kappa shape index (κ2) is 12.7. The van der Waals surface area contributed by atoms with Crippen molar-refractivity contribution in [2.75, 3.05) is 25.0 Å². The molecule has 0 aliphatic carbocycles. The average molecular weight is 499 g/mol. The first-order valence-electron chi connectivity index (χ1n) is 12.2. The molecule has 7 nitrogen and oxygen atoms in total. The van der Waals surface area contributed by atoms with Crippen LogP contribution in [0.2, 0.25) is 0 Å². The molecule has 2 heterocycles. The minimum atomic E-state index is -0.682. The van der Waals surface area contributed by atoms with Crippen molar-refractivity contribution in [1.29, 1.82) is 0 Å². The van der Waals surface area contributed by atoms with Gasteiger partial charge in [-0.25, -0.2) is 0 Å². The summed E-state index contributed by atoms with van der Waals surface area (Å²) in [4.78, 5) is 40.8. The first-order valence-corrected chi connectivity index (χ1v) is 12.2. The van der Waals surface area contributed by atoms with Gasteiger partial charge in [-0.15, -0.1) is 12.4 Å². The monoisotopic (exact) mass is 498 g/mol. The minimum absolute atomic E-state index is 0. The van der Waals surface area contributed by atoms with Gasteiger partial charge in [-0.3, -0.25) is 14.4 Å². The highest BCUT2D eigenvalue weighted by atomic mass is 35.5. The smallest absolute Gasteiger partial charge is 0.247 e. The zero-order valence-corrected chi connectivity index (χ0v) is 21.0. The van der Waals surface area contributed by atoms with E-state index in [9.17, 15) is 14.4 Å². The zero-order chi connectivity index (χ0) is 23.9. The van der Waals surface area contributed by atoms with E-state index in [-0.39, 0.29) is 42.1 Å². The molecule has 0 spiro atoms. The number of hydrogen-bond donors (Lipinski definition) is 3. The van der Waals surface area contributed by atoms with Gasteiger partial charge in [0, 0.05) is 31.1 Å². The summed E-state index contributed by atoms with van der Waals surface area (Å²) in [6.07, 6.45) is 3.55. The lowest BCUT2D eigenvalue weighted by Gasteiger charge is -2.33. The Bertz CT molecular complexity index is 985. The Morgan fingerprint density at radius 3 is 2.31 bits per heavy atom. The summed E-state index contributed by atoms with van der Waals surface area (Å²) >= 11 is 0. The van der Waals surface area contributed by atoms with Crippen molar-refractivity contribution in [2.24, 2.45) is 5.92 Å². The molecule has 0 aromatic heterocycles. The SMILES string of the molecule is Cc1ccc(NC(=O)C(Cc2ccccc2)NC(=O)C2CCN(C(=O)C3CCCN3)CC2)cc1.Cl. The number of nitrogens with zero attached hydrogens (tertiary/aromatic N) is 1. The number of nitrogens with one attached hydrogen (secondary N) is 3. The summed E-state index contributed by atoms with van der Waals surface area (Å²) in [6, 6.07) is 16.5. The van der Waals surface area contributed by atoms with Gasteiger partial charge in [0.25, 0.3) is 0 Å². The molecule has 188 valence electrons. The van der Waals surface area contributed by atoms with Crippen LogP contribution in [0.1, 0.15) is 36.8 Å². The van der Waals surface area contributed by atoms with E-state index in [0.29, 0.717) is 38.0 Å². The number of piperidine rings is 1. The molecule has 35 heavy (non-hydrogen) atoms. The topological polar surface area (TPSA) is 90.5 Å². The summed E-state index contributed by atoms with van der Waals surface area (Å²) in [5.74, 6) is -0.408. The van der Waals surface area contributed by atoms with Gasteiger partial charge in [0.2, 0.25) is 17.7 Å². The van der Waals surface area contributed by atoms with E-state index in [1.54, 1.807) is 0 Å². The third-order valence-corrected chi connectivity index (χ3v) is 6.77. The van der Waals surface area contributed by atoms with Crippen molar-refractivity contribution in [1.82, 2.24) is 15.5 Å². The van der Waals surface area contributed by atoms with Crippen molar-refractivity contribution in [3.63, 3.8) is 0 Å². The van der Waals surface area contributed by atoms with E-state index in [1.165, 1.54) is 0 Å². The molecule has 2 aromatic rings. The predicted octanol–water partition coefficient (Wildman–Crippen LogP) is 3.07. The van der Waals surface area contributed by atoms with Gasteiger partial charge in [0.1, 0.15) is 6.04 Å². The highest BCUT2D eigenvalue weighted by Crippen LogP contribution is 2.20. The molecular formula is C27H35ClN4O3. The number of aryl methyl sites for hydroxylation is 1. The Morgan fingerprint density at radius 1 is 1.00 bits per heavy atom. The van der Waals surface area contributed by atoms with E-state index < -0.39 is 6.04 Å². The molecule has 2 saturated heterocycles. The normalized spacial score (nSPS) is 18.9. The van der Waals surface area contributed by atoms with Crippen molar-refractivity contribution in [3.8, 4) is 0 Å². The quantitative estimate of drug-likeness (QED) is 0.547. The van der Waals surface area contributed by atoms with Gasteiger partial charge in [-0.2, -0.15) is 0 Å². The first-order chi connectivity index (χ1) is 16.5. The van der Waals surface area contributed by atoms with E-state index in [1.807, 2.05) is 66.4 Å². The molecule has 2 aromatic carbocycles. The van der Waals surface area contributed by atoms with Crippen LogP contribution >= 0.6 is 12.4 Å². The maximum Gasteiger partial charge on any atom is 0.247 e. The number of hydrogen-bond acceptors (Lipinski definition) is 4. The molecule has 2 fully saturated rings. The fourth-order valence-corrected chi connectivity index (χ4v) is 4.69. The largest absolute Gasteiger partial charge is 0.344 e. The van der Waals surface area contributed by atoms with Gasteiger partial charge < -0.3 is 20.9 Å². The fraction of sp³-hybridized carbons (Fsp3) is 0.444. The van der Waals surface area contributed by atoms with Crippen LogP contribution in [0.3, 0.4) is 0 Å². The highest BCUT2D eigenvalue weighted by molar-refractivity contribution is 5.97. The lowest BCUT2D eigenvalue weighted by Crippen LogP contribution is -2.51. The second-order valence-electron chi connectivity index (χ2n) is 9.35. The number of benzene rings is 2. The minimum Gasteiger partial charge on any atom is -0.344 e. The van der Waals surface area contributed by atoms with Crippen LogP contribution in [-0.4, -0.2) is 54.3 Å². The third kappa shape index (κ3) is 7.29. The summed E-state index contributed by atoms with van der Waals surface area (Å²) in [5.41, 5.74) is 2.80. The molecule has 8 heteroatoms. The van der Waals surface area contributed by atoms with Gasteiger partial charge in [0.05, 0.1) is 6.04 Å². The molecule has 2 aliphatic heterocycles. The Hall–Kier alpha value is -2.90. The van der Waals surface area contributed by atoms with Crippen LogP contribution in [-0.2, 0) is 20.8 Å². The van der Waals surface area contributed by atoms with Gasteiger partial charge in [0.15, 0.2) is 0 Å². The zero-order valence-electron chi connectivity index (χ0n) is 20.2. The summed E-state index contributed by atoms with van der Waals surface area (Å²) in [5, 5.41) is 9.19. The number of likely N-dealkylation sites (tertiary alicyclic amines) is 1. The first kappa shape index (κ1) is 26.7. The lowest BCUT2D eigenvalue weighted by atomic mass is 9.94. The molecule has 0 saturated carbocycles. The maximum absolute atomic E-state index is 13.1.